The quantitative estimate of drug-likeness (QED) is 0.621. The van der Waals surface area contributed by atoms with Gasteiger partial charge in [0.2, 0.25) is 15.9 Å². The van der Waals surface area contributed by atoms with Crippen molar-refractivity contribution in [2.45, 2.75) is 37.6 Å². The molecule has 1 aliphatic heterocycles. The van der Waals surface area contributed by atoms with Crippen LogP contribution in [-0.2, 0) is 19.6 Å². The first kappa shape index (κ1) is 20.6. The fraction of sp³-hybridized carbons (Fsp3) is 0.588. The van der Waals surface area contributed by atoms with E-state index in [2.05, 4.69) is 10.6 Å². The van der Waals surface area contributed by atoms with E-state index in [0.717, 1.165) is 6.42 Å². The Morgan fingerprint density at radius 3 is 2.58 bits per heavy atom. The number of nitrogens with zero attached hydrogens (tertiary/aromatic N) is 1. The second-order valence-electron chi connectivity index (χ2n) is 6.14. The topological polar surface area (TPSA) is 114 Å². The number of hydrogen-bond acceptors (Lipinski definition) is 6. The highest BCUT2D eigenvalue weighted by Crippen LogP contribution is 2.28. The highest BCUT2D eigenvalue weighted by atomic mass is 32.2. The minimum absolute atomic E-state index is 0.139. The van der Waals surface area contributed by atoms with Crippen LogP contribution in [0.15, 0.2) is 23.1 Å². The molecule has 1 aromatic rings. The second-order valence-corrected chi connectivity index (χ2v) is 8.08. The Balaban J connectivity index is 2.30. The van der Waals surface area contributed by atoms with Crippen LogP contribution < -0.4 is 16.4 Å². The van der Waals surface area contributed by atoms with E-state index in [0.29, 0.717) is 50.6 Å². The van der Waals surface area contributed by atoms with Crippen molar-refractivity contribution in [1.82, 2.24) is 4.31 Å². The molecule has 1 amide bonds. The Kier molecular flexibility index (Phi) is 7.39. The standard InChI is InChI=1S/C17H28N4O4S/c1-3-5-14(18)17(22)20-16-12-13(6-7-15(16)19-4-2)26(23,24)21-8-10-25-11-9-21/h6-7,12,14,19H,3-5,8-11,18H2,1-2H3,(H,20,22). The number of sulfonamides is 1. The average Bonchev–Trinajstić information content (AvgIpc) is 2.64. The maximum Gasteiger partial charge on any atom is 0.243 e. The van der Waals surface area contributed by atoms with Crippen molar-refractivity contribution in [3.63, 3.8) is 0 Å². The third kappa shape index (κ3) is 4.94. The van der Waals surface area contributed by atoms with Gasteiger partial charge in [0, 0.05) is 19.6 Å². The summed E-state index contributed by atoms with van der Waals surface area (Å²) in [6.07, 6.45) is 1.36. The lowest BCUT2D eigenvalue weighted by molar-refractivity contribution is -0.117. The Morgan fingerprint density at radius 2 is 1.96 bits per heavy atom. The van der Waals surface area contributed by atoms with Crippen LogP contribution in [0.5, 0.6) is 0 Å². The molecule has 1 unspecified atom stereocenters. The number of morpholine rings is 1. The van der Waals surface area contributed by atoms with Gasteiger partial charge in [-0.3, -0.25) is 4.79 Å². The van der Waals surface area contributed by atoms with Crippen LogP contribution in [0.4, 0.5) is 11.4 Å². The van der Waals surface area contributed by atoms with Gasteiger partial charge in [-0.2, -0.15) is 4.31 Å². The monoisotopic (exact) mass is 384 g/mol. The zero-order chi connectivity index (χ0) is 19.2. The van der Waals surface area contributed by atoms with Crippen LogP contribution in [0.3, 0.4) is 0 Å². The van der Waals surface area contributed by atoms with Gasteiger partial charge in [0.15, 0.2) is 0 Å². The molecule has 0 aliphatic carbocycles. The fourth-order valence-corrected chi connectivity index (χ4v) is 4.17. The molecule has 9 heteroatoms. The van der Waals surface area contributed by atoms with E-state index in [1.165, 1.54) is 10.4 Å². The van der Waals surface area contributed by atoms with Crippen LogP contribution in [-0.4, -0.2) is 57.5 Å². The molecule has 0 aromatic heterocycles. The van der Waals surface area contributed by atoms with E-state index in [-0.39, 0.29) is 10.8 Å². The Bertz CT molecular complexity index is 717. The molecule has 1 saturated heterocycles. The van der Waals surface area contributed by atoms with Crippen LogP contribution in [0, 0.1) is 0 Å². The largest absolute Gasteiger partial charge is 0.384 e. The van der Waals surface area contributed by atoms with Crippen molar-refractivity contribution in [2.75, 3.05) is 43.5 Å². The number of amides is 1. The van der Waals surface area contributed by atoms with Crippen molar-refractivity contribution in [3.8, 4) is 0 Å². The van der Waals surface area contributed by atoms with Crippen molar-refractivity contribution >= 4 is 27.3 Å². The molecule has 0 saturated carbocycles. The molecule has 1 heterocycles. The van der Waals surface area contributed by atoms with Gasteiger partial charge < -0.3 is 21.1 Å². The summed E-state index contributed by atoms with van der Waals surface area (Å²) in [4.78, 5) is 12.4. The number of nitrogens with one attached hydrogen (secondary N) is 2. The number of nitrogens with two attached hydrogens (primary N) is 1. The number of anilines is 2. The van der Waals surface area contributed by atoms with Crippen molar-refractivity contribution in [1.29, 1.82) is 0 Å². The van der Waals surface area contributed by atoms with Gasteiger partial charge in [0.25, 0.3) is 0 Å². The van der Waals surface area contributed by atoms with Crippen LogP contribution in [0.2, 0.25) is 0 Å². The predicted octanol–water partition coefficient (Wildman–Crippen LogP) is 1.21. The molecule has 8 nitrogen and oxygen atoms in total. The molecule has 1 aromatic carbocycles. The van der Waals surface area contributed by atoms with Gasteiger partial charge in [-0.05, 0) is 31.5 Å². The van der Waals surface area contributed by atoms with E-state index in [1.807, 2.05) is 13.8 Å². The first-order valence-electron chi connectivity index (χ1n) is 8.92. The summed E-state index contributed by atoms with van der Waals surface area (Å²) in [6.45, 7) is 5.91. The molecule has 0 radical (unpaired) electrons. The summed E-state index contributed by atoms with van der Waals surface area (Å²) in [7, 11) is -3.64. The maximum atomic E-state index is 12.8. The highest BCUT2D eigenvalue weighted by Gasteiger charge is 2.27. The SMILES string of the molecule is CCCC(N)C(=O)Nc1cc(S(=O)(=O)N2CCOCC2)ccc1NCC. The Morgan fingerprint density at radius 1 is 1.27 bits per heavy atom. The summed E-state index contributed by atoms with van der Waals surface area (Å²) in [5, 5.41) is 5.89. The van der Waals surface area contributed by atoms with Crippen LogP contribution in [0.1, 0.15) is 26.7 Å². The maximum absolute atomic E-state index is 12.8. The molecule has 1 aliphatic rings. The Hall–Kier alpha value is -1.68. The molecule has 26 heavy (non-hydrogen) atoms. The number of benzene rings is 1. The van der Waals surface area contributed by atoms with Crippen LogP contribution in [0.25, 0.3) is 0 Å². The molecule has 1 fully saturated rings. The first-order valence-corrected chi connectivity index (χ1v) is 10.4. The van der Waals surface area contributed by atoms with Gasteiger partial charge in [0.1, 0.15) is 0 Å². The van der Waals surface area contributed by atoms with Gasteiger partial charge in [-0.15, -0.1) is 0 Å². The summed E-state index contributed by atoms with van der Waals surface area (Å²) in [5.74, 6) is -0.327. The van der Waals surface area contributed by atoms with Gasteiger partial charge >= 0.3 is 0 Å². The molecular formula is C17H28N4O4S. The zero-order valence-corrected chi connectivity index (χ0v) is 16.1. The van der Waals surface area contributed by atoms with E-state index in [9.17, 15) is 13.2 Å². The summed E-state index contributed by atoms with van der Waals surface area (Å²) in [6, 6.07) is 4.07. The third-order valence-electron chi connectivity index (χ3n) is 4.16. The summed E-state index contributed by atoms with van der Waals surface area (Å²) >= 11 is 0. The normalized spacial score (nSPS) is 16.9. The number of carbonyl (C=O) groups is 1. The minimum atomic E-state index is -3.64. The molecule has 0 spiro atoms. The second kappa shape index (κ2) is 9.31. The number of ether oxygens (including phenoxy) is 1. The molecule has 1 atom stereocenters. The molecule has 4 N–H and O–H groups in total. The van der Waals surface area contributed by atoms with Gasteiger partial charge in [0.05, 0.1) is 35.5 Å². The summed E-state index contributed by atoms with van der Waals surface area (Å²) < 4.78 is 32.3. The van der Waals surface area contributed by atoms with Gasteiger partial charge in [-0.1, -0.05) is 13.3 Å². The van der Waals surface area contributed by atoms with Crippen LogP contribution >= 0.6 is 0 Å². The zero-order valence-electron chi connectivity index (χ0n) is 15.3. The Labute approximate surface area is 155 Å². The lowest BCUT2D eigenvalue weighted by Gasteiger charge is -2.26. The first-order chi connectivity index (χ1) is 12.4. The van der Waals surface area contributed by atoms with E-state index in [4.69, 9.17) is 10.5 Å². The third-order valence-corrected chi connectivity index (χ3v) is 6.06. The van der Waals surface area contributed by atoms with Gasteiger partial charge in [-0.25, -0.2) is 8.42 Å². The lowest BCUT2D eigenvalue weighted by Crippen LogP contribution is -2.40. The molecular weight excluding hydrogens is 356 g/mol. The number of rotatable bonds is 8. The van der Waals surface area contributed by atoms with E-state index >= 15 is 0 Å². The van der Waals surface area contributed by atoms with Crippen molar-refractivity contribution in [3.05, 3.63) is 18.2 Å². The fourth-order valence-electron chi connectivity index (χ4n) is 2.74. The van der Waals surface area contributed by atoms with Crippen molar-refractivity contribution in [2.24, 2.45) is 5.73 Å². The molecule has 0 bridgehead atoms. The molecule has 2 rings (SSSR count). The number of carbonyl (C=O) groups excluding carboxylic acids is 1. The smallest absolute Gasteiger partial charge is 0.243 e. The minimum Gasteiger partial charge on any atom is -0.384 e. The van der Waals surface area contributed by atoms with Crippen molar-refractivity contribution < 1.29 is 17.9 Å². The number of hydrogen-bond donors (Lipinski definition) is 3. The predicted molar refractivity (Wildman–Crippen MR) is 102 cm³/mol. The van der Waals surface area contributed by atoms with E-state index < -0.39 is 16.1 Å². The molecule has 146 valence electrons. The summed E-state index contributed by atoms with van der Waals surface area (Å²) in [5.41, 5.74) is 6.94. The van der Waals surface area contributed by atoms with E-state index in [1.54, 1.807) is 12.1 Å². The highest BCUT2D eigenvalue weighted by molar-refractivity contribution is 7.89. The average molecular weight is 385 g/mol. The lowest BCUT2D eigenvalue weighted by atomic mass is 10.1.